The number of ether oxygens (including phenoxy) is 1. The molecule has 1 aromatic carbocycles. The number of morpholine rings is 1. The fourth-order valence-corrected chi connectivity index (χ4v) is 5.00. The number of amides is 1. The zero-order chi connectivity index (χ0) is 18.5. The van der Waals surface area contributed by atoms with E-state index in [2.05, 4.69) is 46.8 Å². The first kappa shape index (κ1) is 20.2. The lowest BCUT2D eigenvalue weighted by Gasteiger charge is -2.39. The summed E-state index contributed by atoms with van der Waals surface area (Å²) in [5.41, 5.74) is 0. The number of benzene rings is 1. The standard InChI is InChI=1S/C20H29BrN2O2S/c1-15-11-22(12-16(2)25-15)13-17-7-9-23(10-8-17)20(24)14-26-19-5-3-18(21)4-6-19/h3-6,15-17H,7-14H2,1-2H3. The van der Waals surface area contributed by atoms with Crippen LogP contribution in [-0.4, -0.2) is 66.4 Å². The van der Waals surface area contributed by atoms with Gasteiger partial charge in [0, 0.05) is 42.1 Å². The number of piperidine rings is 1. The predicted molar refractivity (Wildman–Crippen MR) is 111 cm³/mol. The molecule has 0 N–H and O–H groups in total. The summed E-state index contributed by atoms with van der Waals surface area (Å²) >= 11 is 5.07. The van der Waals surface area contributed by atoms with Gasteiger partial charge in [-0.25, -0.2) is 0 Å². The molecule has 4 nitrogen and oxygen atoms in total. The smallest absolute Gasteiger partial charge is 0.232 e. The summed E-state index contributed by atoms with van der Waals surface area (Å²) in [5.74, 6) is 1.51. The fraction of sp³-hybridized carbons (Fsp3) is 0.650. The summed E-state index contributed by atoms with van der Waals surface area (Å²) in [5, 5.41) is 0. The third kappa shape index (κ3) is 5.98. The number of hydrogen-bond donors (Lipinski definition) is 0. The first-order valence-corrected chi connectivity index (χ1v) is 11.3. The summed E-state index contributed by atoms with van der Waals surface area (Å²) in [6, 6.07) is 8.15. The number of nitrogens with zero attached hydrogens (tertiary/aromatic N) is 2. The van der Waals surface area contributed by atoms with Crippen molar-refractivity contribution in [2.45, 2.75) is 43.8 Å². The monoisotopic (exact) mass is 440 g/mol. The van der Waals surface area contributed by atoms with Crippen LogP contribution in [0.4, 0.5) is 0 Å². The summed E-state index contributed by atoms with van der Waals surface area (Å²) in [7, 11) is 0. The highest BCUT2D eigenvalue weighted by Gasteiger charge is 2.27. The van der Waals surface area contributed by atoms with E-state index in [9.17, 15) is 4.79 Å². The molecule has 144 valence electrons. The number of carbonyl (C=O) groups is 1. The van der Waals surface area contributed by atoms with Gasteiger partial charge in [0.1, 0.15) is 0 Å². The molecule has 2 atom stereocenters. The Morgan fingerprint density at radius 1 is 1.15 bits per heavy atom. The minimum atomic E-state index is 0.269. The van der Waals surface area contributed by atoms with Gasteiger partial charge in [-0.3, -0.25) is 9.69 Å². The number of likely N-dealkylation sites (tertiary alicyclic amines) is 1. The van der Waals surface area contributed by atoms with Crippen molar-refractivity contribution < 1.29 is 9.53 Å². The SMILES string of the molecule is CC1CN(CC2CCN(C(=O)CSc3ccc(Br)cc3)CC2)CC(C)O1. The van der Waals surface area contributed by atoms with Gasteiger partial charge in [-0.15, -0.1) is 11.8 Å². The van der Waals surface area contributed by atoms with Crippen molar-refractivity contribution >= 4 is 33.6 Å². The van der Waals surface area contributed by atoms with Crippen LogP contribution in [-0.2, 0) is 9.53 Å². The lowest BCUT2D eigenvalue weighted by atomic mass is 9.95. The Hall–Kier alpha value is -0.560. The molecule has 0 spiro atoms. The van der Waals surface area contributed by atoms with E-state index in [0.717, 1.165) is 54.9 Å². The molecule has 2 unspecified atom stereocenters. The molecular weight excluding hydrogens is 412 g/mol. The van der Waals surface area contributed by atoms with E-state index < -0.39 is 0 Å². The van der Waals surface area contributed by atoms with Gasteiger partial charge in [0.25, 0.3) is 0 Å². The molecule has 1 aromatic rings. The van der Waals surface area contributed by atoms with E-state index in [1.807, 2.05) is 17.0 Å². The van der Waals surface area contributed by atoms with E-state index >= 15 is 0 Å². The molecule has 6 heteroatoms. The second-order valence-electron chi connectivity index (χ2n) is 7.54. The van der Waals surface area contributed by atoms with Crippen molar-refractivity contribution in [2.75, 3.05) is 38.5 Å². The van der Waals surface area contributed by atoms with Gasteiger partial charge < -0.3 is 9.64 Å². The minimum Gasteiger partial charge on any atom is -0.373 e. The van der Waals surface area contributed by atoms with Gasteiger partial charge >= 0.3 is 0 Å². The van der Waals surface area contributed by atoms with Crippen molar-refractivity contribution in [1.29, 1.82) is 0 Å². The lowest BCUT2D eigenvalue weighted by Crippen LogP contribution is -2.48. The van der Waals surface area contributed by atoms with Gasteiger partial charge in [0.05, 0.1) is 18.0 Å². The fourth-order valence-electron chi connectivity index (χ4n) is 3.93. The van der Waals surface area contributed by atoms with Gasteiger partial charge in [-0.1, -0.05) is 15.9 Å². The molecule has 0 aromatic heterocycles. The highest BCUT2D eigenvalue weighted by atomic mass is 79.9. The predicted octanol–water partition coefficient (Wildman–Crippen LogP) is 3.89. The Bertz CT molecular complexity index is 580. The van der Waals surface area contributed by atoms with Crippen molar-refractivity contribution in [3.8, 4) is 0 Å². The Kier molecular flexibility index (Phi) is 7.44. The third-order valence-electron chi connectivity index (χ3n) is 5.15. The number of hydrogen-bond acceptors (Lipinski definition) is 4. The maximum atomic E-state index is 12.5. The van der Waals surface area contributed by atoms with E-state index in [1.165, 1.54) is 0 Å². The first-order chi connectivity index (χ1) is 12.5. The van der Waals surface area contributed by atoms with Crippen LogP contribution < -0.4 is 0 Å². The molecule has 0 saturated carbocycles. The van der Waals surface area contributed by atoms with E-state index in [4.69, 9.17) is 4.74 Å². The zero-order valence-corrected chi connectivity index (χ0v) is 18.1. The normalized spacial score (nSPS) is 25.4. The molecule has 26 heavy (non-hydrogen) atoms. The average molecular weight is 441 g/mol. The summed E-state index contributed by atoms with van der Waals surface area (Å²) in [4.78, 5) is 18.2. The van der Waals surface area contributed by atoms with Crippen LogP contribution >= 0.6 is 27.7 Å². The number of carbonyl (C=O) groups excluding carboxylic acids is 1. The zero-order valence-electron chi connectivity index (χ0n) is 15.7. The molecule has 2 aliphatic rings. The largest absolute Gasteiger partial charge is 0.373 e. The van der Waals surface area contributed by atoms with Gasteiger partial charge in [0.15, 0.2) is 0 Å². The summed E-state index contributed by atoms with van der Waals surface area (Å²) in [6.45, 7) is 9.34. The number of halogens is 1. The third-order valence-corrected chi connectivity index (χ3v) is 6.68. The maximum Gasteiger partial charge on any atom is 0.232 e. The van der Waals surface area contributed by atoms with Crippen LogP contribution in [0, 0.1) is 5.92 Å². The second-order valence-corrected chi connectivity index (χ2v) is 9.51. The first-order valence-electron chi connectivity index (χ1n) is 9.53. The lowest BCUT2D eigenvalue weighted by molar-refractivity contribution is -0.129. The Labute approximate surface area is 169 Å². The molecule has 1 amide bonds. The molecule has 0 radical (unpaired) electrons. The van der Waals surface area contributed by atoms with Crippen molar-refractivity contribution in [3.05, 3.63) is 28.7 Å². The van der Waals surface area contributed by atoms with E-state index in [-0.39, 0.29) is 5.91 Å². The number of thioether (sulfide) groups is 1. The molecule has 0 bridgehead atoms. The van der Waals surface area contributed by atoms with Gasteiger partial charge in [-0.05, 0) is 56.9 Å². The molecule has 2 aliphatic heterocycles. The Morgan fingerprint density at radius 3 is 2.38 bits per heavy atom. The van der Waals surface area contributed by atoms with Crippen molar-refractivity contribution in [3.63, 3.8) is 0 Å². The van der Waals surface area contributed by atoms with E-state index in [1.54, 1.807) is 11.8 Å². The molecule has 2 fully saturated rings. The quantitative estimate of drug-likeness (QED) is 0.650. The van der Waals surface area contributed by atoms with Crippen LogP contribution in [0.1, 0.15) is 26.7 Å². The summed E-state index contributed by atoms with van der Waals surface area (Å²) in [6.07, 6.45) is 2.90. The highest BCUT2D eigenvalue weighted by Crippen LogP contribution is 2.24. The Balaban J connectivity index is 1.38. The topological polar surface area (TPSA) is 32.8 Å². The van der Waals surface area contributed by atoms with Crippen molar-refractivity contribution in [2.24, 2.45) is 5.92 Å². The molecule has 2 saturated heterocycles. The van der Waals surface area contributed by atoms with Crippen LogP contribution in [0.25, 0.3) is 0 Å². The van der Waals surface area contributed by atoms with Crippen LogP contribution in [0.2, 0.25) is 0 Å². The maximum absolute atomic E-state index is 12.5. The van der Waals surface area contributed by atoms with E-state index in [0.29, 0.717) is 23.9 Å². The van der Waals surface area contributed by atoms with Crippen molar-refractivity contribution in [1.82, 2.24) is 9.80 Å². The second kappa shape index (κ2) is 9.58. The molecule has 0 aliphatic carbocycles. The highest BCUT2D eigenvalue weighted by molar-refractivity contribution is 9.10. The number of rotatable bonds is 5. The minimum absolute atomic E-state index is 0.269. The average Bonchev–Trinajstić information content (AvgIpc) is 2.61. The summed E-state index contributed by atoms with van der Waals surface area (Å²) < 4.78 is 6.89. The van der Waals surface area contributed by atoms with Crippen LogP contribution in [0.5, 0.6) is 0 Å². The van der Waals surface area contributed by atoms with Gasteiger partial charge in [0.2, 0.25) is 5.91 Å². The molecule has 3 rings (SSSR count). The van der Waals surface area contributed by atoms with Crippen LogP contribution in [0.3, 0.4) is 0 Å². The molecular formula is C20H29BrN2O2S. The van der Waals surface area contributed by atoms with Crippen LogP contribution in [0.15, 0.2) is 33.6 Å². The van der Waals surface area contributed by atoms with Gasteiger partial charge in [-0.2, -0.15) is 0 Å². The molecule has 2 heterocycles. The Morgan fingerprint density at radius 2 is 1.77 bits per heavy atom.